The Labute approximate surface area is 194 Å². The van der Waals surface area contributed by atoms with E-state index in [1.165, 1.54) is 24.7 Å². The van der Waals surface area contributed by atoms with Crippen molar-refractivity contribution >= 4 is 28.4 Å². The Morgan fingerprint density at radius 2 is 1.94 bits per heavy atom. The monoisotopic (exact) mass is 489 g/mol. The lowest BCUT2D eigenvalue weighted by Crippen LogP contribution is -2.28. The maximum Gasteiger partial charge on any atom is 0.400 e. The molecule has 14 heteroatoms. The average Bonchev–Trinajstić information content (AvgIpc) is 3.74. The summed E-state index contributed by atoms with van der Waals surface area (Å²) in [6, 6.07) is 2.66. The molecule has 4 aromatic rings. The van der Waals surface area contributed by atoms with Crippen LogP contribution in [-0.2, 0) is 5.41 Å². The summed E-state index contributed by atoms with van der Waals surface area (Å²) in [5, 5.41) is 14.2. The molecule has 0 bridgehead atoms. The number of nitrogens with two attached hydrogens (primary N) is 1. The van der Waals surface area contributed by atoms with Crippen molar-refractivity contribution in [2.24, 2.45) is 0 Å². The van der Waals surface area contributed by atoms with Gasteiger partial charge in [-0.05, 0) is 25.7 Å². The van der Waals surface area contributed by atoms with Crippen molar-refractivity contribution in [2.75, 3.05) is 23.0 Å². The lowest BCUT2D eigenvalue weighted by atomic mass is 10.0. The zero-order valence-electron chi connectivity index (χ0n) is 18.1. The van der Waals surface area contributed by atoms with E-state index in [1.54, 1.807) is 4.68 Å². The number of hydrogen-bond donors (Lipinski definition) is 3. The van der Waals surface area contributed by atoms with Crippen molar-refractivity contribution in [3.63, 3.8) is 0 Å². The van der Waals surface area contributed by atoms with E-state index in [2.05, 4.69) is 35.8 Å². The molecule has 0 amide bonds. The Morgan fingerprint density at radius 1 is 1.14 bits per heavy atom. The molecular formula is C21H19F4N9O. The van der Waals surface area contributed by atoms with E-state index in [1.807, 2.05) is 0 Å². The molecule has 0 spiro atoms. The summed E-state index contributed by atoms with van der Waals surface area (Å²) in [5.41, 5.74) is 5.27. The predicted octanol–water partition coefficient (Wildman–Crippen LogP) is 4.01. The molecule has 0 unspecified atom stereocenters. The first kappa shape index (κ1) is 21.6. The molecule has 2 aliphatic carbocycles. The van der Waals surface area contributed by atoms with E-state index < -0.39 is 17.4 Å². The largest absolute Gasteiger partial charge is 0.400 e. The number of pyridine rings is 1. The van der Waals surface area contributed by atoms with Gasteiger partial charge in [0.1, 0.15) is 34.8 Å². The minimum atomic E-state index is -4.38. The second-order valence-electron chi connectivity index (χ2n) is 8.72. The Morgan fingerprint density at radius 3 is 2.63 bits per heavy atom. The molecule has 0 saturated heterocycles. The highest BCUT2D eigenvalue weighted by Gasteiger charge is 2.66. The molecule has 4 aromatic heterocycles. The second-order valence-corrected chi connectivity index (χ2v) is 8.72. The number of alkyl halides is 3. The summed E-state index contributed by atoms with van der Waals surface area (Å²) < 4.78 is 61.3. The predicted molar refractivity (Wildman–Crippen MR) is 117 cm³/mol. The van der Waals surface area contributed by atoms with Gasteiger partial charge in [0.2, 0.25) is 5.88 Å². The van der Waals surface area contributed by atoms with Crippen LogP contribution >= 0.6 is 0 Å². The van der Waals surface area contributed by atoms with Gasteiger partial charge in [-0.15, -0.1) is 0 Å². The molecule has 35 heavy (non-hydrogen) atoms. The highest BCUT2D eigenvalue weighted by molar-refractivity contribution is 5.97. The van der Waals surface area contributed by atoms with Crippen LogP contribution in [0.1, 0.15) is 37.4 Å². The van der Waals surface area contributed by atoms with Gasteiger partial charge < -0.3 is 20.9 Å². The maximum atomic E-state index is 14.9. The molecule has 4 N–H and O–H groups in total. The van der Waals surface area contributed by atoms with Crippen LogP contribution in [-0.4, -0.2) is 42.7 Å². The smallest absolute Gasteiger partial charge is 0.383 e. The van der Waals surface area contributed by atoms with Crippen LogP contribution in [0.4, 0.5) is 35.0 Å². The van der Waals surface area contributed by atoms with Gasteiger partial charge in [0, 0.05) is 12.1 Å². The van der Waals surface area contributed by atoms with Crippen LogP contribution < -0.4 is 16.4 Å². The molecule has 2 fully saturated rings. The van der Waals surface area contributed by atoms with Crippen molar-refractivity contribution in [1.29, 1.82) is 0 Å². The first-order valence-corrected chi connectivity index (χ1v) is 10.9. The van der Waals surface area contributed by atoms with Gasteiger partial charge >= 0.3 is 6.18 Å². The van der Waals surface area contributed by atoms with Crippen molar-refractivity contribution in [1.82, 2.24) is 29.9 Å². The summed E-state index contributed by atoms with van der Waals surface area (Å²) in [6.45, 7) is -0.0361. The Kier molecular flexibility index (Phi) is 4.63. The fourth-order valence-corrected chi connectivity index (χ4v) is 4.06. The Bertz CT molecular complexity index is 1420. The van der Waals surface area contributed by atoms with Crippen LogP contribution in [0, 0.1) is 5.82 Å². The highest BCUT2D eigenvalue weighted by Crippen LogP contribution is 2.58. The van der Waals surface area contributed by atoms with Crippen LogP contribution in [0.25, 0.3) is 22.4 Å². The van der Waals surface area contributed by atoms with Crippen LogP contribution in [0.15, 0.2) is 29.2 Å². The number of halogens is 4. The molecule has 4 heterocycles. The maximum absolute atomic E-state index is 14.9. The summed E-state index contributed by atoms with van der Waals surface area (Å²) in [5.74, 6) is -0.329. The lowest BCUT2D eigenvalue weighted by molar-refractivity contribution is -0.161. The molecule has 2 saturated carbocycles. The van der Waals surface area contributed by atoms with Gasteiger partial charge in [0.25, 0.3) is 0 Å². The molecule has 0 radical (unpaired) electrons. The minimum Gasteiger partial charge on any atom is -0.383 e. The molecule has 0 atom stereocenters. The van der Waals surface area contributed by atoms with Gasteiger partial charge in [-0.2, -0.15) is 18.3 Å². The zero-order chi connectivity index (χ0) is 24.4. The van der Waals surface area contributed by atoms with Gasteiger partial charge in [-0.1, -0.05) is 5.16 Å². The second kappa shape index (κ2) is 7.52. The third-order valence-corrected chi connectivity index (χ3v) is 6.34. The summed E-state index contributed by atoms with van der Waals surface area (Å²) in [6.07, 6.45) is 0.186. The number of nitrogens with zero attached hydrogens (tertiary/aromatic N) is 6. The first-order chi connectivity index (χ1) is 16.8. The molecular weight excluding hydrogens is 470 g/mol. The highest BCUT2D eigenvalue weighted by atomic mass is 19.4. The fraction of sp³-hybridized carbons (Fsp3) is 0.381. The van der Waals surface area contributed by atoms with Crippen LogP contribution in [0.2, 0.25) is 0 Å². The molecule has 10 nitrogen and oxygen atoms in total. The van der Waals surface area contributed by atoms with Crippen molar-refractivity contribution in [3.8, 4) is 11.4 Å². The Balaban J connectivity index is 1.17. The number of hydrogen-bond acceptors (Lipinski definition) is 9. The molecule has 0 aliphatic heterocycles. The number of nitrogens with one attached hydrogen (secondary N) is 2. The van der Waals surface area contributed by atoms with Gasteiger partial charge in [0.15, 0.2) is 5.65 Å². The van der Waals surface area contributed by atoms with E-state index in [0.29, 0.717) is 16.7 Å². The summed E-state index contributed by atoms with van der Waals surface area (Å²) >= 11 is 0. The number of rotatable bonds is 7. The first-order valence-electron chi connectivity index (χ1n) is 10.9. The van der Waals surface area contributed by atoms with Gasteiger partial charge in [-0.25, -0.2) is 19.0 Å². The normalized spacial score (nSPS) is 17.0. The van der Waals surface area contributed by atoms with E-state index >= 15 is 0 Å². The topological polar surface area (TPSA) is 133 Å². The SMILES string of the molecule is Nc1ncnc2c1c(-c1cc(F)c(NCNc3cc(C4(C(F)(F)F)CC4)no3)cn1)nn2C1CC1. The van der Waals surface area contributed by atoms with Crippen molar-refractivity contribution in [3.05, 3.63) is 36.2 Å². The minimum absolute atomic E-state index is 0.0179. The van der Waals surface area contributed by atoms with E-state index in [9.17, 15) is 17.6 Å². The third kappa shape index (κ3) is 3.59. The van der Waals surface area contributed by atoms with E-state index in [4.69, 9.17) is 10.3 Å². The third-order valence-electron chi connectivity index (χ3n) is 6.34. The summed E-state index contributed by atoms with van der Waals surface area (Å²) in [4.78, 5) is 12.6. The average molecular weight is 489 g/mol. The molecule has 2 aliphatic rings. The zero-order valence-corrected chi connectivity index (χ0v) is 18.1. The summed E-state index contributed by atoms with van der Waals surface area (Å²) in [7, 11) is 0. The number of fused-ring (bicyclic) bond motifs is 1. The number of aromatic nitrogens is 6. The lowest BCUT2D eigenvalue weighted by Gasteiger charge is -2.15. The van der Waals surface area contributed by atoms with E-state index in [0.717, 1.165) is 12.8 Å². The number of nitrogen functional groups attached to an aromatic ring is 1. The Hall–Kier alpha value is -3.97. The van der Waals surface area contributed by atoms with Gasteiger partial charge in [-0.3, -0.25) is 4.98 Å². The molecule has 6 rings (SSSR count). The fourth-order valence-electron chi connectivity index (χ4n) is 4.06. The standard InChI is InChI=1S/C21H19F4N9O/c22-11-5-12(17-16-18(26)30-9-31-19(16)34(32-17)10-1-2-10)27-7-13(11)28-8-29-15-6-14(33-35-15)20(3-4-20)21(23,24)25/h5-7,9-10,28-29H,1-4,8H2,(H2,26,30,31). The van der Waals surface area contributed by atoms with Crippen LogP contribution in [0.3, 0.4) is 0 Å². The number of anilines is 3. The molecule has 182 valence electrons. The van der Waals surface area contributed by atoms with Crippen molar-refractivity contribution in [2.45, 2.75) is 43.3 Å². The van der Waals surface area contributed by atoms with E-state index in [-0.39, 0.29) is 54.3 Å². The molecule has 0 aromatic carbocycles. The van der Waals surface area contributed by atoms with Gasteiger partial charge in [0.05, 0.1) is 35.7 Å². The quantitative estimate of drug-likeness (QED) is 0.260. The van der Waals surface area contributed by atoms with Crippen LogP contribution in [0.5, 0.6) is 0 Å². The van der Waals surface area contributed by atoms with Crippen molar-refractivity contribution < 1.29 is 22.1 Å².